The number of carbonyl (C=O) groups excluding carboxylic acids is 14. The third kappa shape index (κ3) is 24.9. The first-order valence-corrected chi connectivity index (χ1v) is 37.7. The van der Waals surface area contributed by atoms with Crippen molar-refractivity contribution in [3.63, 3.8) is 0 Å². The van der Waals surface area contributed by atoms with Gasteiger partial charge in [-0.1, -0.05) is 111 Å². The number of rotatable bonds is 41. The zero-order valence-electron chi connectivity index (χ0n) is 63.5. The lowest BCUT2D eigenvalue weighted by molar-refractivity contribution is -0.148. The smallest absolute Gasteiger partial charge is 0.410 e. The van der Waals surface area contributed by atoms with Crippen LogP contribution in [0.25, 0.3) is 0 Å². The monoisotopic (exact) mass is 1620 g/mol. The van der Waals surface area contributed by atoms with Gasteiger partial charge in [-0.05, 0) is 111 Å². The number of nitrogens with zero attached hydrogens (tertiary/aromatic N) is 6. The number of hydrogen-bond donors (Lipinski definition) is 8. The number of ether oxygens (including phenoxy) is 3. The van der Waals surface area contributed by atoms with Crippen molar-refractivity contribution in [3.8, 4) is 0 Å². The average Bonchev–Trinajstić information content (AvgIpc) is 1.70. The second-order valence-electron chi connectivity index (χ2n) is 28.3. The van der Waals surface area contributed by atoms with E-state index in [1.807, 2.05) is 32.0 Å². The Balaban J connectivity index is 1.19. The van der Waals surface area contributed by atoms with Gasteiger partial charge in [0.25, 0.3) is 23.6 Å². The number of carbonyl (C=O) groups is 14. The highest BCUT2D eigenvalue weighted by molar-refractivity contribution is 9.12. The van der Waals surface area contributed by atoms with E-state index in [0.717, 1.165) is 26.9 Å². The predicted octanol–water partition coefficient (Wildman–Crippen LogP) is 4.50. The van der Waals surface area contributed by atoms with E-state index >= 15 is 0 Å². The number of methoxy groups -OCH3 is 2. The maximum absolute atomic E-state index is 14.9. The molecule has 0 saturated carbocycles. The van der Waals surface area contributed by atoms with Crippen molar-refractivity contribution < 1.29 is 86.4 Å². The summed E-state index contributed by atoms with van der Waals surface area (Å²) in [5.74, 6) is -9.35. The van der Waals surface area contributed by atoms with E-state index in [1.54, 1.807) is 91.6 Å². The number of likely N-dealkylation sites (tertiary alicyclic amines) is 1. The van der Waals surface area contributed by atoms with Crippen molar-refractivity contribution in [1.82, 2.24) is 56.0 Å². The minimum Gasteiger partial charge on any atom is -0.445 e. The number of hydrogen-bond acceptors (Lipinski definition) is 18. The lowest BCUT2D eigenvalue weighted by atomic mass is 9.89. The molecule has 107 heavy (non-hydrogen) atoms. The van der Waals surface area contributed by atoms with Crippen molar-refractivity contribution in [2.75, 3.05) is 72.9 Å². The average molecular weight is 1630 g/mol. The molecule has 2 aromatic rings. The van der Waals surface area contributed by atoms with Crippen molar-refractivity contribution in [2.24, 2.45) is 35.3 Å². The molecule has 3 aliphatic heterocycles. The van der Waals surface area contributed by atoms with E-state index < -0.39 is 168 Å². The van der Waals surface area contributed by atoms with Crippen LogP contribution in [0.4, 0.5) is 15.3 Å². The Bertz CT molecular complexity index is 3510. The zero-order chi connectivity index (χ0) is 79.8. The maximum atomic E-state index is 14.9. The molecule has 15 amide bonds. The van der Waals surface area contributed by atoms with Crippen LogP contribution in [0.2, 0.25) is 0 Å². The van der Waals surface area contributed by atoms with E-state index in [0.29, 0.717) is 36.9 Å². The summed E-state index contributed by atoms with van der Waals surface area (Å²) in [5.41, 5.74) is 6.67. The van der Waals surface area contributed by atoms with Gasteiger partial charge in [-0.15, -0.1) is 0 Å². The quantitative estimate of drug-likeness (QED) is 0.0336. The van der Waals surface area contributed by atoms with Gasteiger partial charge in [0.05, 0.1) is 57.7 Å². The summed E-state index contributed by atoms with van der Waals surface area (Å²) >= 11 is 6.06. The molecule has 5 rings (SSSR count). The molecule has 0 radical (unpaired) electrons. The van der Waals surface area contributed by atoms with Crippen LogP contribution in [0.15, 0.2) is 75.7 Å². The molecule has 3 aliphatic rings. The first kappa shape index (κ1) is 89.0. The van der Waals surface area contributed by atoms with E-state index in [4.69, 9.17) is 19.9 Å². The highest BCUT2D eigenvalue weighted by Crippen LogP contribution is 2.31. The van der Waals surface area contributed by atoms with Crippen LogP contribution in [0, 0.1) is 29.6 Å². The van der Waals surface area contributed by atoms with E-state index in [1.165, 1.54) is 43.2 Å². The van der Waals surface area contributed by atoms with Crippen molar-refractivity contribution >= 4 is 121 Å². The Morgan fingerprint density at radius 1 is 0.692 bits per heavy atom. The number of nitrogens with two attached hydrogens (primary N) is 1. The standard InChI is InChI=1S/C74H107Br2N13O18/c1-15-44(8)63(54(105-13)39-59(94)87-32-20-24-53(87)65(106-14)45(9)66(96)79-46(10)64(95)48-21-17-16-18-22-48)84(11)72(102)61(42(4)5)83-69(99)62(43(6)7)85(12)74(104)107-40-47-25-27-49(28-26-47)80-67(97)52(23-19-31-78-73(77)103)81-68(98)60(41(2)3)82-55(90)29-30-56(91)86(33-35-88-57(92)37-50(75)70(88)100)34-36-89-58(93)38-51(76)71(89)101/h16-18,21-22,25-28,37-38,41-46,52-54,60-65,95H,15,19-20,23-24,29-36,39-40H2,1-14H3,(H,79,96)(H,80,97)(H,81,98)(H,82,90)(H,83,99)(H3,77,78,103)/t44-,45+,46+,52-,53-,54+,60-,61-,62-,63-,64+,65+/m0/s1. The molecular formula is C74H107Br2N13O18. The number of urea groups is 1. The number of benzene rings is 2. The SMILES string of the molecule is CC[C@H](C)[C@@H]([C@@H](CC(=O)N1CCC[C@H]1[C@H](OC)[C@@H](C)C(=O)N[C@H](C)[C@@H](O)c1ccccc1)OC)N(C)C(=O)[C@@H](NC(=O)[C@H](C(C)C)N(C)C(=O)OCc1ccc(NC(=O)[C@H](CCCNC(N)=O)NC(=O)[C@@H](NC(=O)CCC(=O)N(CCN2C(=O)C=C(Br)C2=O)CCN2C(=O)C=C(Br)C2=O)C(C)C)cc1)C(C)C. The van der Waals surface area contributed by atoms with Gasteiger partial charge in [-0.3, -0.25) is 72.2 Å². The Morgan fingerprint density at radius 3 is 1.79 bits per heavy atom. The van der Waals surface area contributed by atoms with E-state index in [9.17, 15) is 72.2 Å². The highest BCUT2D eigenvalue weighted by atomic mass is 79.9. The van der Waals surface area contributed by atoms with Crippen LogP contribution in [0.3, 0.4) is 0 Å². The van der Waals surface area contributed by atoms with Crippen molar-refractivity contribution in [1.29, 1.82) is 0 Å². The number of halogens is 2. The molecule has 33 heteroatoms. The van der Waals surface area contributed by atoms with E-state index in [2.05, 4.69) is 63.8 Å². The number of aliphatic hydroxyl groups is 1. The Labute approximate surface area is 642 Å². The van der Waals surface area contributed by atoms with Gasteiger partial charge in [-0.2, -0.15) is 0 Å². The molecule has 1 fully saturated rings. The van der Waals surface area contributed by atoms with Gasteiger partial charge in [0.1, 0.15) is 30.8 Å². The molecule has 31 nitrogen and oxygen atoms in total. The number of primary amides is 1. The van der Waals surface area contributed by atoms with Gasteiger partial charge in [-0.25, -0.2) is 9.59 Å². The summed E-state index contributed by atoms with van der Waals surface area (Å²) in [6.07, 6.45) is -0.135. The van der Waals surface area contributed by atoms with Crippen LogP contribution in [-0.4, -0.2) is 240 Å². The number of imide groups is 2. The third-order valence-corrected chi connectivity index (χ3v) is 20.7. The predicted molar refractivity (Wildman–Crippen MR) is 402 cm³/mol. The molecule has 0 spiro atoms. The number of aliphatic hydroxyl groups excluding tert-OH is 1. The van der Waals surface area contributed by atoms with Crippen LogP contribution in [0.1, 0.15) is 138 Å². The number of likely N-dealkylation sites (N-methyl/N-ethyl adjacent to an activating group) is 2. The Morgan fingerprint density at radius 2 is 1.28 bits per heavy atom. The number of anilines is 1. The number of amides is 15. The fourth-order valence-corrected chi connectivity index (χ4v) is 14.1. The molecular weight excluding hydrogens is 1520 g/mol. The van der Waals surface area contributed by atoms with Gasteiger partial charge < -0.3 is 71.7 Å². The number of nitrogens with one attached hydrogen (secondary N) is 6. The molecule has 3 heterocycles. The summed E-state index contributed by atoms with van der Waals surface area (Å²) < 4.78 is 17.8. The van der Waals surface area contributed by atoms with Crippen molar-refractivity contribution in [2.45, 2.75) is 188 Å². The first-order valence-electron chi connectivity index (χ1n) is 36.1. The van der Waals surface area contributed by atoms with Gasteiger partial charge in [0, 0.05) is 98.3 Å². The van der Waals surface area contributed by atoms with Gasteiger partial charge >= 0.3 is 12.1 Å². The minimum atomic E-state index is -1.24. The highest BCUT2D eigenvalue weighted by Gasteiger charge is 2.45. The molecule has 0 aliphatic carbocycles. The van der Waals surface area contributed by atoms with Crippen LogP contribution >= 0.6 is 31.9 Å². The van der Waals surface area contributed by atoms with Crippen molar-refractivity contribution in [3.05, 3.63) is 86.8 Å². The maximum Gasteiger partial charge on any atom is 0.410 e. The van der Waals surface area contributed by atoms with Crippen LogP contribution < -0.4 is 37.6 Å². The summed E-state index contributed by atoms with van der Waals surface area (Å²) in [6, 6.07) is 7.99. The topological polar surface area (TPSA) is 405 Å². The third-order valence-electron chi connectivity index (χ3n) is 19.6. The summed E-state index contributed by atoms with van der Waals surface area (Å²) in [5, 5.41) is 27.4. The Kier molecular flexibility index (Phi) is 35.1. The largest absolute Gasteiger partial charge is 0.445 e. The Hall–Kier alpha value is -8.66. The second-order valence-corrected chi connectivity index (χ2v) is 30.0. The molecule has 1 saturated heterocycles. The van der Waals surface area contributed by atoms with E-state index in [-0.39, 0.29) is 91.0 Å². The van der Waals surface area contributed by atoms with Crippen LogP contribution in [-0.2, 0) is 78.4 Å². The second kappa shape index (κ2) is 42.2. The first-order chi connectivity index (χ1) is 50.5. The molecule has 590 valence electrons. The lowest BCUT2D eigenvalue weighted by Crippen LogP contribution is -2.60. The summed E-state index contributed by atoms with van der Waals surface area (Å²) in [4.78, 5) is 196. The van der Waals surface area contributed by atoms with Gasteiger partial charge in [0.15, 0.2) is 0 Å². The zero-order valence-corrected chi connectivity index (χ0v) is 66.7. The molecule has 9 N–H and O–H groups in total. The summed E-state index contributed by atoms with van der Waals surface area (Å²) in [7, 11) is 6.02. The molecule has 0 bridgehead atoms. The molecule has 2 aromatic carbocycles. The lowest BCUT2D eigenvalue weighted by Gasteiger charge is -2.41. The fourth-order valence-electron chi connectivity index (χ4n) is 13.2. The molecule has 0 unspecified atom stereocenters. The summed E-state index contributed by atoms with van der Waals surface area (Å²) in [6.45, 7) is 17.0. The van der Waals surface area contributed by atoms with Crippen LogP contribution in [0.5, 0.6) is 0 Å². The molecule has 12 atom stereocenters. The molecule has 0 aromatic heterocycles. The van der Waals surface area contributed by atoms with Gasteiger partial charge in [0.2, 0.25) is 47.3 Å². The minimum absolute atomic E-state index is 0.0170. The normalized spacial score (nSPS) is 17.5. The fraction of sp³-hybridized carbons (Fsp3) is 0.595.